The number of rotatable bonds is 11. The van der Waals surface area contributed by atoms with Crippen molar-refractivity contribution in [3.63, 3.8) is 0 Å². The van der Waals surface area contributed by atoms with Crippen LogP contribution >= 0.6 is 0 Å². The predicted octanol–water partition coefficient (Wildman–Crippen LogP) is 4.24. The fourth-order valence-electron chi connectivity index (χ4n) is 2.34. The monoisotopic (exact) mass is 337 g/mol. The number of amides is 1. The molecule has 0 aliphatic carbocycles. The largest absolute Gasteiger partial charge is 0.464 e. The van der Waals surface area contributed by atoms with Gasteiger partial charge in [-0.2, -0.15) is 0 Å². The smallest absolute Gasteiger partial charge is 0.328 e. The van der Waals surface area contributed by atoms with Gasteiger partial charge in [0.15, 0.2) is 0 Å². The summed E-state index contributed by atoms with van der Waals surface area (Å²) < 4.78 is 18.7. The van der Waals surface area contributed by atoms with Gasteiger partial charge in [0.25, 0.3) is 5.91 Å². The molecule has 4 nitrogen and oxygen atoms in total. The molecule has 1 amide bonds. The van der Waals surface area contributed by atoms with Crippen LogP contribution in [0.4, 0.5) is 4.39 Å². The van der Waals surface area contributed by atoms with Crippen molar-refractivity contribution in [3.8, 4) is 0 Å². The molecule has 0 spiro atoms. The maximum Gasteiger partial charge on any atom is 0.328 e. The van der Waals surface area contributed by atoms with Crippen LogP contribution in [-0.4, -0.2) is 24.5 Å². The average molecular weight is 337 g/mol. The lowest BCUT2D eigenvalue weighted by atomic mass is 10.1. The molecular formula is C19H28FNO3. The first-order valence-electron chi connectivity index (χ1n) is 8.78. The number of unbranched alkanes of at least 4 members (excludes halogenated alkanes) is 6. The van der Waals surface area contributed by atoms with Crippen LogP contribution in [0.3, 0.4) is 0 Å². The minimum atomic E-state index is -0.804. The summed E-state index contributed by atoms with van der Waals surface area (Å²) in [6.45, 7) is 4.07. The molecule has 0 aromatic heterocycles. The second-order valence-electron chi connectivity index (χ2n) is 5.96. The first-order chi connectivity index (χ1) is 11.6. The molecule has 0 radical (unpaired) electrons. The second-order valence-corrected chi connectivity index (χ2v) is 5.96. The van der Waals surface area contributed by atoms with E-state index in [2.05, 4.69) is 12.2 Å². The van der Waals surface area contributed by atoms with Gasteiger partial charge in [-0.25, -0.2) is 9.18 Å². The molecule has 0 saturated carbocycles. The molecule has 0 saturated heterocycles. The van der Waals surface area contributed by atoms with E-state index in [1.807, 2.05) is 0 Å². The Hall–Kier alpha value is -1.91. The average Bonchev–Trinajstić information content (AvgIpc) is 2.57. The Morgan fingerprint density at radius 2 is 1.71 bits per heavy atom. The molecule has 0 heterocycles. The van der Waals surface area contributed by atoms with E-state index in [1.165, 1.54) is 50.8 Å². The Kier molecular flexibility index (Phi) is 9.73. The minimum absolute atomic E-state index is 0.0794. The minimum Gasteiger partial charge on any atom is -0.464 e. The number of ether oxygens (including phenoxy) is 1. The number of esters is 1. The first kappa shape index (κ1) is 20.1. The molecule has 1 unspecified atom stereocenters. The Morgan fingerprint density at radius 1 is 1.08 bits per heavy atom. The lowest BCUT2D eigenvalue weighted by molar-refractivity contribution is -0.145. The van der Waals surface area contributed by atoms with Crippen LogP contribution in [0, 0.1) is 5.82 Å². The van der Waals surface area contributed by atoms with Crippen LogP contribution in [-0.2, 0) is 9.53 Å². The lowest BCUT2D eigenvalue weighted by Crippen LogP contribution is -2.40. The van der Waals surface area contributed by atoms with Gasteiger partial charge in [-0.3, -0.25) is 4.79 Å². The van der Waals surface area contributed by atoms with Crippen molar-refractivity contribution in [2.24, 2.45) is 0 Å². The van der Waals surface area contributed by atoms with Gasteiger partial charge >= 0.3 is 5.97 Å². The van der Waals surface area contributed by atoms with Gasteiger partial charge < -0.3 is 10.1 Å². The summed E-state index contributed by atoms with van der Waals surface area (Å²) in [5.74, 6) is -1.72. The number of carbonyl (C=O) groups is 2. The number of hydrogen-bond donors (Lipinski definition) is 1. The van der Waals surface area contributed by atoms with Gasteiger partial charge in [0, 0.05) is 0 Å². The van der Waals surface area contributed by atoms with E-state index in [0.717, 1.165) is 19.3 Å². The maximum atomic E-state index is 13.5. The fraction of sp³-hybridized carbons (Fsp3) is 0.579. The Labute approximate surface area is 143 Å². The third-order valence-electron chi connectivity index (χ3n) is 3.81. The zero-order chi connectivity index (χ0) is 17.8. The van der Waals surface area contributed by atoms with Crippen LogP contribution in [0.1, 0.15) is 69.2 Å². The summed E-state index contributed by atoms with van der Waals surface area (Å²) in [5, 5.41) is 2.46. The molecule has 5 heteroatoms. The molecule has 24 heavy (non-hydrogen) atoms. The van der Waals surface area contributed by atoms with Crippen LogP contribution in [0.2, 0.25) is 0 Å². The van der Waals surface area contributed by atoms with E-state index in [-0.39, 0.29) is 5.56 Å². The molecule has 0 aliphatic rings. The zero-order valence-corrected chi connectivity index (χ0v) is 14.6. The van der Waals surface area contributed by atoms with Crippen molar-refractivity contribution in [1.82, 2.24) is 5.32 Å². The molecule has 0 bridgehead atoms. The van der Waals surface area contributed by atoms with Gasteiger partial charge in [-0.05, 0) is 25.5 Å². The van der Waals surface area contributed by atoms with Crippen molar-refractivity contribution in [2.45, 2.75) is 64.8 Å². The summed E-state index contributed by atoms with van der Waals surface area (Å²) >= 11 is 0. The van der Waals surface area contributed by atoms with Crippen molar-refractivity contribution >= 4 is 11.9 Å². The molecule has 134 valence electrons. The van der Waals surface area contributed by atoms with Crippen LogP contribution in [0.25, 0.3) is 0 Å². The summed E-state index contributed by atoms with van der Waals surface area (Å²) in [4.78, 5) is 23.8. The van der Waals surface area contributed by atoms with Gasteiger partial charge in [0.1, 0.15) is 11.9 Å². The summed E-state index contributed by atoms with van der Waals surface area (Å²) in [6, 6.07) is 4.86. The van der Waals surface area contributed by atoms with Crippen molar-refractivity contribution in [1.29, 1.82) is 0 Å². The quantitative estimate of drug-likeness (QED) is 0.485. The molecule has 1 aromatic rings. The van der Waals surface area contributed by atoms with Gasteiger partial charge in [0.2, 0.25) is 0 Å². The molecule has 1 rings (SSSR count). The first-order valence-corrected chi connectivity index (χ1v) is 8.78. The van der Waals surface area contributed by atoms with Gasteiger partial charge in [-0.15, -0.1) is 0 Å². The highest BCUT2D eigenvalue weighted by atomic mass is 19.1. The molecular weight excluding hydrogens is 309 g/mol. The highest BCUT2D eigenvalue weighted by Gasteiger charge is 2.19. The van der Waals surface area contributed by atoms with E-state index in [0.29, 0.717) is 6.61 Å². The SMILES string of the molecule is CCCCCCCCCOC(=O)C(C)NC(=O)c1ccccc1F. The lowest BCUT2D eigenvalue weighted by Gasteiger charge is -2.13. The number of carbonyl (C=O) groups excluding carboxylic acids is 2. The third-order valence-corrected chi connectivity index (χ3v) is 3.81. The number of nitrogens with one attached hydrogen (secondary N) is 1. The van der Waals surface area contributed by atoms with Crippen LogP contribution in [0.5, 0.6) is 0 Å². The number of hydrogen-bond acceptors (Lipinski definition) is 3. The summed E-state index contributed by atoms with van der Waals surface area (Å²) in [6.07, 6.45) is 7.99. The van der Waals surface area contributed by atoms with Crippen molar-refractivity contribution < 1.29 is 18.7 Å². The second kappa shape index (κ2) is 11.6. The Bertz CT molecular complexity index is 519. The third kappa shape index (κ3) is 7.57. The van der Waals surface area contributed by atoms with Gasteiger partial charge in [0.05, 0.1) is 12.2 Å². The van der Waals surface area contributed by atoms with E-state index < -0.39 is 23.7 Å². The Morgan fingerprint density at radius 3 is 2.38 bits per heavy atom. The van der Waals surface area contributed by atoms with E-state index in [9.17, 15) is 14.0 Å². The van der Waals surface area contributed by atoms with Crippen LogP contribution < -0.4 is 5.32 Å². The van der Waals surface area contributed by atoms with E-state index in [4.69, 9.17) is 4.74 Å². The number of benzene rings is 1. The molecule has 0 aliphatic heterocycles. The Balaban J connectivity index is 2.21. The zero-order valence-electron chi connectivity index (χ0n) is 14.6. The van der Waals surface area contributed by atoms with E-state index >= 15 is 0 Å². The summed E-state index contributed by atoms with van der Waals surface area (Å²) in [5.41, 5.74) is -0.0794. The maximum absolute atomic E-state index is 13.5. The predicted molar refractivity (Wildman–Crippen MR) is 92.3 cm³/mol. The molecule has 1 aromatic carbocycles. The highest BCUT2D eigenvalue weighted by Crippen LogP contribution is 2.08. The normalized spacial score (nSPS) is 11.8. The van der Waals surface area contributed by atoms with Crippen molar-refractivity contribution in [3.05, 3.63) is 35.6 Å². The number of halogens is 1. The fourth-order valence-corrected chi connectivity index (χ4v) is 2.34. The molecule has 1 atom stereocenters. The highest BCUT2D eigenvalue weighted by molar-refractivity contribution is 5.96. The van der Waals surface area contributed by atoms with Crippen molar-refractivity contribution in [2.75, 3.05) is 6.61 Å². The summed E-state index contributed by atoms with van der Waals surface area (Å²) in [7, 11) is 0. The van der Waals surface area contributed by atoms with Crippen LogP contribution in [0.15, 0.2) is 24.3 Å². The molecule has 0 fully saturated rings. The standard InChI is InChI=1S/C19H28FNO3/c1-3-4-5-6-7-8-11-14-24-19(23)15(2)21-18(22)16-12-9-10-13-17(16)20/h9-10,12-13,15H,3-8,11,14H2,1-2H3,(H,21,22). The molecule has 1 N–H and O–H groups in total. The van der Waals surface area contributed by atoms with E-state index in [1.54, 1.807) is 6.07 Å². The topological polar surface area (TPSA) is 55.4 Å². The van der Waals surface area contributed by atoms with Gasteiger partial charge in [-0.1, -0.05) is 57.6 Å².